The third-order valence-corrected chi connectivity index (χ3v) is 3.14. The van der Waals surface area contributed by atoms with Gasteiger partial charge in [0, 0.05) is 0 Å². The number of hydrogen-bond acceptors (Lipinski definition) is 3. The summed E-state index contributed by atoms with van der Waals surface area (Å²) in [6, 6.07) is 0. The first-order chi connectivity index (χ1) is 5.98. The van der Waals surface area contributed by atoms with Crippen molar-refractivity contribution in [1.29, 1.82) is 0 Å². The number of rotatable bonds is 2. The van der Waals surface area contributed by atoms with Gasteiger partial charge in [-0.1, -0.05) is 0 Å². The van der Waals surface area contributed by atoms with E-state index >= 15 is 0 Å². The van der Waals surface area contributed by atoms with Crippen LogP contribution in [-0.4, -0.2) is 24.3 Å². The summed E-state index contributed by atoms with van der Waals surface area (Å²) in [5, 5.41) is 9.37. The maximum absolute atomic E-state index is 11.4. The van der Waals surface area contributed by atoms with E-state index in [1.807, 2.05) is 13.8 Å². The van der Waals surface area contributed by atoms with Gasteiger partial charge in [-0.25, -0.2) is 0 Å². The first kappa shape index (κ1) is 10.5. The molecule has 0 radical (unpaired) electrons. The highest BCUT2D eigenvalue weighted by Crippen LogP contribution is 2.40. The van der Waals surface area contributed by atoms with Gasteiger partial charge < -0.3 is 9.84 Å². The molecule has 0 aromatic carbocycles. The van der Waals surface area contributed by atoms with Crippen LogP contribution >= 0.6 is 0 Å². The fourth-order valence-corrected chi connectivity index (χ4v) is 2.04. The lowest BCUT2D eigenvalue weighted by atomic mass is 9.78. The minimum absolute atomic E-state index is 0.174. The van der Waals surface area contributed by atoms with Gasteiger partial charge >= 0.3 is 5.97 Å². The summed E-state index contributed by atoms with van der Waals surface area (Å²) in [7, 11) is 1.41. The molecular formula is C10H18O3. The Labute approximate surface area is 79.1 Å². The molecule has 3 heteroatoms. The molecule has 0 heterocycles. The molecule has 1 fully saturated rings. The van der Waals surface area contributed by atoms with Gasteiger partial charge in [0.25, 0.3) is 0 Å². The molecule has 0 amide bonds. The van der Waals surface area contributed by atoms with Crippen molar-refractivity contribution in [3.63, 3.8) is 0 Å². The zero-order valence-corrected chi connectivity index (χ0v) is 8.54. The van der Waals surface area contributed by atoms with Crippen LogP contribution in [0.3, 0.4) is 0 Å². The highest BCUT2D eigenvalue weighted by Gasteiger charge is 2.41. The predicted octanol–water partition coefficient (Wildman–Crippen LogP) is 1.35. The molecule has 0 saturated heterocycles. The molecule has 0 aliphatic heterocycles. The van der Waals surface area contributed by atoms with Gasteiger partial charge in [0.1, 0.15) is 0 Å². The van der Waals surface area contributed by atoms with E-state index in [4.69, 9.17) is 4.74 Å². The summed E-state index contributed by atoms with van der Waals surface area (Å²) in [5.41, 5.74) is -0.452. The summed E-state index contributed by atoms with van der Waals surface area (Å²) < 4.78 is 4.74. The van der Waals surface area contributed by atoms with E-state index in [1.54, 1.807) is 0 Å². The average molecular weight is 186 g/mol. The lowest BCUT2D eigenvalue weighted by molar-refractivity contribution is -0.154. The van der Waals surface area contributed by atoms with Crippen molar-refractivity contribution in [3.05, 3.63) is 0 Å². The van der Waals surface area contributed by atoms with E-state index < -0.39 is 5.41 Å². The maximum Gasteiger partial charge on any atom is 0.311 e. The van der Waals surface area contributed by atoms with Gasteiger partial charge in [-0.3, -0.25) is 4.79 Å². The number of ether oxygens (including phenoxy) is 1. The Morgan fingerprint density at radius 1 is 1.46 bits per heavy atom. The van der Waals surface area contributed by atoms with Crippen LogP contribution in [0.4, 0.5) is 0 Å². The smallest absolute Gasteiger partial charge is 0.311 e. The fourth-order valence-electron chi connectivity index (χ4n) is 2.04. The second kappa shape index (κ2) is 3.66. The number of carbonyl (C=O) groups excluding carboxylic acids is 1. The Balaban J connectivity index is 2.64. The molecule has 1 N–H and O–H groups in total. The fraction of sp³-hybridized carbons (Fsp3) is 0.900. The van der Waals surface area contributed by atoms with E-state index in [9.17, 15) is 9.90 Å². The van der Waals surface area contributed by atoms with Crippen molar-refractivity contribution in [2.75, 3.05) is 7.11 Å². The summed E-state index contributed by atoms with van der Waals surface area (Å²) in [4.78, 5) is 11.4. The van der Waals surface area contributed by atoms with E-state index in [0.717, 1.165) is 19.3 Å². The molecule has 2 atom stereocenters. The molecule has 0 aromatic rings. The molecule has 1 aliphatic rings. The summed E-state index contributed by atoms with van der Waals surface area (Å²) >= 11 is 0. The van der Waals surface area contributed by atoms with Gasteiger partial charge in [0.15, 0.2) is 0 Å². The maximum atomic E-state index is 11.4. The van der Waals surface area contributed by atoms with Crippen LogP contribution in [0, 0.1) is 11.3 Å². The summed E-state index contributed by atoms with van der Waals surface area (Å²) in [6.07, 6.45) is 2.23. The Morgan fingerprint density at radius 3 is 2.46 bits per heavy atom. The van der Waals surface area contributed by atoms with Crippen LogP contribution < -0.4 is 0 Å². The molecule has 1 rings (SSSR count). The van der Waals surface area contributed by atoms with Crippen LogP contribution in [0.25, 0.3) is 0 Å². The second-order valence-corrected chi connectivity index (χ2v) is 4.38. The molecule has 76 valence electrons. The van der Waals surface area contributed by atoms with Gasteiger partial charge in [0.2, 0.25) is 0 Å². The minimum atomic E-state index is -0.452. The van der Waals surface area contributed by atoms with Crippen LogP contribution in [-0.2, 0) is 9.53 Å². The van der Waals surface area contributed by atoms with Gasteiger partial charge in [0.05, 0.1) is 18.6 Å². The monoisotopic (exact) mass is 186 g/mol. The largest absolute Gasteiger partial charge is 0.469 e. The van der Waals surface area contributed by atoms with E-state index in [1.165, 1.54) is 7.11 Å². The second-order valence-electron chi connectivity index (χ2n) is 4.38. The van der Waals surface area contributed by atoms with Gasteiger partial charge in [-0.2, -0.15) is 0 Å². The molecule has 13 heavy (non-hydrogen) atoms. The van der Waals surface area contributed by atoms with Crippen LogP contribution in [0.1, 0.15) is 33.1 Å². The lowest BCUT2D eigenvalue weighted by Gasteiger charge is -2.28. The first-order valence-electron chi connectivity index (χ1n) is 4.75. The average Bonchev–Trinajstić information content (AvgIpc) is 2.50. The van der Waals surface area contributed by atoms with Crippen LogP contribution in [0.2, 0.25) is 0 Å². The number of methoxy groups -OCH3 is 1. The number of carbonyl (C=O) groups is 1. The molecule has 0 bridgehead atoms. The van der Waals surface area contributed by atoms with Crippen LogP contribution in [0.5, 0.6) is 0 Å². The Bertz CT molecular complexity index is 198. The quantitative estimate of drug-likeness (QED) is 0.662. The standard InChI is InChI=1S/C10H18O3/c1-10(2,9(12)13-3)7-4-5-8(11)6-7/h7-8,11H,4-6H2,1-3H3. The molecule has 1 saturated carbocycles. The highest BCUT2D eigenvalue weighted by atomic mass is 16.5. The van der Waals surface area contributed by atoms with E-state index in [2.05, 4.69) is 0 Å². The van der Waals surface area contributed by atoms with Crippen molar-refractivity contribution in [2.45, 2.75) is 39.2 Å². The van der Waals surface area contributed by atoms with Crippen molar-refractivity contribution < 1.29 is 14.6 Å². The first-order valence-corrected chi connectivity index (χ1v) is 4.75. The molecule has 1 aliphatic carbocycles. The Kier molecular flexibility index (Phi) is 2.96. The van der Waals surface area contributed by atoms with Crippen LogP contribution in [0.15, 0.2) is 0 Å². The number of aliphatic hydroxyl groups excluding tert-OH is 1. The van der Waals surface area contributed by atoms with Crippen molar-refractivity contribution >= 4 is 5.97 Å². The molecule has 0 aromatic heterocycles. The SMILES string of the molecule is COC(=O)C(C)(C)C1CCC(O)C1. The van der Waals surface area contributed by atoms with Crippen molar-refractivity contribution in [2.24, 2.45) is 11.3 Å². The van der Waals surface area contributed by atoms with Gasteiger partial charge in [-0.15, -0.1) is 0 Å². The molecule has 2 unspecified atom stereocenters. The number of hydrogen-bond donors (Lipinski definition) is 1. The highest BCUT2D eigenvalue weighted by molar-refractivity contribution is 5.76. The van der Waals surface area contributed by atoms with Gasteiger partial charge in [-0.05, 0) is 39.0 Å². The van der Waals surface area contributed by atoms with Crippen molar-refractivity contribution in [1.82, 2.24) is 0 Å². The third kappa shape index (κ3) is 2.02. The Morgan fingerprint density at radius 2 is 2.08 bits per heavy atom. The zero-order valence-electron chi connectivity index (χ0n) is 8.54. The summed E-state index contributed by atoms with van der Waals surface area (Å²) in [6.45, 7) is 3.78. The van der Waals surface area contributed by atoms with E-state index in [-0.39, 0.29) is 18.0 Å². The topological polar surface area (TPSA) is 46.5 Å². The zero-order chi connectivity index (χ0) is 10.1. The van der Waals surface area contributed by atoms with E-state index in [0.29, 0.717) is 0 Å². The summed E-state index contributed by atoms with van der Waals surface area (Å²) in [5.74, 6) is 0.0848. The molecular weight excluding hydrogens is 168 g/mol. The molecule has 3 nitrogen and oxygen atoms in total. The Hall–Kier alpha value is -0.570. The molecule has 0 spiro atoms. The number of aliphatic hydroxyl groups is 1. The normalized spacial score (nSPS) is 28.9. The number of esters is 1. The predicted molar refractivity (Wildman–Crippen MR) is 49.1 cm³/mol. The minimum Gasteiger partial charge on any atom is -0.469 e. The van der Waals surface area contributed by atoms with Crippen molar-refractivity contribution in [3.8, 4) is 0 Å². The lowest BCUT2D eigenvalue weighted by Crippen LogP contribution is -2.33. The third-order valence-electron chi connectivity index (χ3n) is 3.14.